The summed E-state index contributed by atoms with van der Waals surface area (Å²) in [7, 11) is 1.57. The fourth-order valence-corrected chi connectivity index (χ4v) is 2.77. The Kier molecular flexibility index (Phi) is 4.13. The second kappa shape index (κ2) is 6.21. The molecule has 2 N–H and O–H groups in total. The van der Waals surface area contributed by atoms with Crippen molar-refractivity contribution in [3.8, 4) is 22.1 Å². The number of phenolic OH excluding ortho intramolecular Hbond substituents is 1. The van der Waals surface area contributed by atoms with Crippen LogP contribution in [-0.2, 0) is 0 Å². The standard InChI is InChI=1S/C15H12ClN3O2S/c1-21-11-6-7-13(20)12(8-11)14-18-19-15(22-14)17-10-4-2-9(16)3-5-10/h2-8,20H,1H3,(H,17,19). The van der Waals surface area contributed by atoms with Crippen molar-refractivity contribution >= 4 is 33.8 Å². The third-order valence-electron chi connectivity index (χ3n) is 2.95. The Labute approximate surface area is 136 Å². The topological polar surface area (TPSA) is 67.3 Å². The highest BCUT2D eigenvalue weighted by atomic mass is 35.5. The first-order chi connectivity index (χ1) is 10.7. The van der Waals surface area contributed by atoms with E-state index in [1.807, 2.05) is 12.1 Å². The lowest BCUT2D eigenvalue weighted by Crippen LogP contribution is -1.88. The molecular formula is C15H12ClN3O2S. The third-order valence-corrected chi connectivity index (χ3v) is 4.08. The van der Waals surface area contributed by atoms with Crippen LogP contribution in [0.1, 0.15) is 0 Å². The molecule has 0 atom stereocenters. The number of rotatable bonds is 4. The maximum absolute atomic E-state index is 9.96. The van der Waals surface area contributed by atoms with Crippen LogP contribution in [0.15, 0.2) is 42.5 Å². The molecule has 0 amide bonds. The van der Waals surface area contributed by atoms with Gasteiger partial charge in [0.2, 0.25) is 5.13 Å². The van der Waals surface area contributed by atoms with Gasteiger partial charge in [0.25, 0.3) is 0 Å². The van der Waals surface area contributed by atoms with Crippen LogP contribution in [0.5, 0.6) is 11.5 Å². The maximum Gasteiger partial charge on any atom is 0.210 e. The fourth-order valence-electron chi connectivity index (χ4n) is 1.85. The SMILES string of the molecule is COc1ccc(O)c(-c2nnc(Nc3ccc(Cl)cc3)s2)c1. The zero-order valence-corrected chi connectivity index (χ0v) is 13.1. The smallest absolute Gasteiger partial charge is 0.210 e. The Bertz CT molecular complexity index is 790. The van der Waals surface area contributed by atoms with Crippen LogP contribution in [0.25, 0.3) is 10.6 Å². The summed E-state index contributed by atoms with van der Waals surface area (Å²) in [6, 6.07) is 12.3. The molecule has 2 aromatic carbocycles. The van der Waals surface area contributed by atoms with E-state index in [1.54, 1.807) is 37.4 Å². The van der Waals surface area contributed by atoms with E-state index in [0.29, 0.717) is 26.5 Å². The number of nitrogens with zero attached hydrogens (tertiary/aromatic N) is 2. The molecule has 0 aliphatic carbocycles. The molecular weight excluding hydrogens is 322 g/mol. The maximum atomic E-state index is 9.96. The van der Waals surface area contributed by atoms with Gasteiger partial charge in [0.1, 0.15) is 11.5 Å². The normalized spacial score (nSPS) is 10.5. The van der Waals surface area contributed by atoms with Gasteiger partial charge in [0.05, 0.1) is 12.7 Å². The highest BCUT2D eigenvalue weighted by Crippen LogP contribution is 2.36. The minimum Gasteiger partial charge on any atom is -0.507 e. The molecule has 7 heteroatoms. The molecule has 0 aliphatic heterocycles. The lowest BCUT2D eigenvalue weighted by Gasteiger charge is -2.04. The zero-order valence-electron chi connectivity index (χ0n) is 11.6. The highest BCUT2D eigenvalue weighted by Gasteiger charge is 2.12. The quantitative estimate of drug-likeness (QED) is 0.744. The number of halogens is 1. The number of phenols is 1. The molecule has 0 unspecified atom stereocenters. The van der Waals surface area contributed by atoms with E-state index in [-0.39, 0.29) is 5.75 Å². The predicted octanol–water partition coefficient (Wildman–Crippen LogP) is 4.32. The van der Waals surface area contributed by atoms with Crippen molar-refractivity contribution in [1.82, 2.24) is 10.2 Å². The molecule has 22 heavy (non-hydrogen) atoms. The number of benzene rings is 2. The lowest BCUT2D eigenvalue weighted by molar-refractivity contribution is 0.412. The van der Waals surface area contributed by atoms with Gasteiger partial charge in [-0.15, -0.1) is 10.2 Å². The van der Waals surface area contributed by atoms with E-state index in [1.165, 1.54) is 11.3 Å². The van der Waals surface area contributed by atoms with Crippen LogP contribution in [0.2, 0.25) is 5.02 Å². The Morgan fingerprint density at radius 2 is 1.91 bits per heavy atom. The average Bonchev–Trinajstić information content (AvgIpc) is 2.98. The summed E-state index contributed by atoms with van der Waals surface area (Å²) in [6.45, 7) is 0. The molecule has 0 fully saturated rings. The molecule has 0 saturated heterocycles. The summed E-state index contributed by atoms with van der Waals surface area (Å²) in [5.74, 6) is 0.783. The summed E-state index contributed by atoms with van der Waals surface area (Å²) in [6.07, 6.45) is 0. The molecule has 3 aromatic rings. The molecule has 1 heterocycles. The molecule has 3 rings (SSSR count). The summed E-state index contributed by atoms with van der Waals surface area (Å²) >= 11 is 7.19. The largest absolute Gasteiger partial charge is 0.507 e. The van der Waals surface area contributed by atoms with E-state index in [9.17, 15) is 5.11 Å². The Balaban J connectivity index is 1.86. The van der Waals surface area contributed by atoms with Crippen molar-refractivity contribution in [3.63, 3.8) is 0 Å². The number of aromatic nitrogens is 2. The first-order valence-electron chi connectivity index (χ1n) is 6.39. The summed E-state index contributed by atoms with van der Waals surface area (Å²) in [5.41, 5.74) is 1.45. The van der Waals surface area contributed by atoms with Gasteiger partial charge < -0.3 is 15.2 Å². The van der Waals surface area contributed by atoms with Crippen molar-refractivity contribution in [1.29, 1.82) is 0 Å². The van der Waals surface area contributed by atoms with Gasteiger partial charge in [-0.05, 0) is 42.5 Å². The van der Waals surface area contributed by atoms with Gasteiger partial charge in [-0.2, -0.15) is 0 Å². The number of methoxy groups -OCH3 is 1. The molecule has 5 nitrogen and oxygen atoms in total. The fraction of sp³-hybridized carbons (Fsp3) is 0.0667. The number of aromatic hydroxyl groups is 1. The highest BCUT2D eigenvalue weighted by molar-refractivity contribution is 7.18. The lowest BCUT2D eigenvalue weighted by atomic mass is 10.2. The van der Waals surface area contributed by atoms with Gasteiger partial charge in [-0.3, -0.25) is 0 Å². The summed E-state index contributed by atoms with van der Waals surface area (Å²) in [4.78, 5) is 0. The van der Waals surface area contributed by atoms with E-state index in [0.717, 1.165) is 5.69 Å². The van der Waals surface area contributed by atoms with Crippen LogP contribution >= 0.6 is 22.9 Å². The van der Waals surface area contributed by atoms with Crippen molar-refractivity contribution in [2.24, 2.45) is 0 Å². The van der Waals surface area contributed by atoms with Gasteiger partial charge in [0.15, 0.2) is 5.01 Å². The van der Waals surface area contributed by atoms with Crippen molar-refractivity contribution in [3.05, 3.63) is 47.5 Å². The predicted molar refractivity (Wildman–Crippen MR) is 88.3 cm³/mol. The minimum atomic E-state index is 0.134. The van der Waals surface area contributed by atoms with Gasteiger partial charge in [0, 0.05) is 10.7 Å². The number of hydrogen-bond donors (Lipinski definition) is 2. The van der Waals surface area contributed by atoms with Gasteiger partial charge >= 0.3 is 0 Å². The molecule has 0 radical (unpaired) electrons. The van der Waals surface area contributed by atoms with Crippen molar-refractivity contribution in [2.45, 2.75) is 0 Å². The van der Waals surface area contributed by atoms with Crippen LogP contribution in [0.4, 0.5) is 10.8 Å². The van der Waals surface area contributed by atoms with Crippen LogP contribution in [-0.4, -0.2) is 22.4 Å². The zero-order chi connectivity index (χ0) is 15.5. The van der Waals surface area contributed by atoms with Crippen molar-refractivity contribution < 1.29 is 9.84 Å². The number of hydrogen-bond acceptors (Lipinski definition) is 6. The third kappa shape index (κ3) is 3.13. The second-order valence-electron chi connectivity index (χ2n) is 4.43. The van der Waals surface area contributed by atoms with Crippen LogP contribution in [0.3, 0.4) is 0 Å². The van der Waals surface area contributed by atoms with E-state index < -0.39 is 0 Å². The monoisotopic (exact) mass is 333 g/mol. The Morgan fingerprint density at radius 1 is 1.14 bits per heavy atom. The van der Waals surface area contributed by atoms with E-state index >= 15 is 0 Å². The Hall–Kier alpha value is -2.31. The Morgan fingerprint density at radius 3 is 2.64 bits per heavy atom. The minimum absolute atomic E-state index is 0.134. The van der Waals surface area contributed by atoms with Gasteiger partial charge in [-0.25, -0.2) is 0 Å². The summed E-state index contributed by atoms with van der Waals surface area (Å²) in [5, 5.41) is 23.2. The molecule has 1 aromatic heterocycles. The van der Waals surface area contributed by atoms with E-state index in [2.05, 4.69) is 15.5 Å². The van der Waals surface area contributed by atoms with Crippen LogP contribution < -0.4 is 10.1 Å². The van der Waals surface area contributed by atoms with Gasteiger partial charge in [-0.1, -0.05) is 22.9 Å². The molecule has 0 spiro atoms. The molecule has 0 saturated carbocycles. The van der Waals surface area contributed by atoms with Crippen LogP contribution in [0, 0.1) is 0 Å². The average molecular weight is 334 g/mol. The van der Waals surface area contributed by atoms with Crippen molar-refractivity contribution in [2.75, 3.05) is 12.4 Å². The molecule has 112 valence electrons. The van der Waals surface area contributed by atoms with E-state index in [4.69, 9.17) is 16.3 Å². The number of ether oxygens (including phenoxy) is 1. The number of nitrogens with one attached hydrogen (secondary N) is 1. The number of anilines is 2. The molecule has 0 bridgehead atoms. The summed E-state index contributed by atoms with van der Waals surface area (Å²) < 4.78 is 5.16. The second-order valence-corrected chi connectivity index (χ2v) is 5.84. The molecule has 0 aliphatic rings. The first-order valence-corrected chi connectivity index (χ1v) is 7.58. The first kappa shape index (κ1) is 14.6.